The molecular formula is C12H12FNO. The van der Waals surface area contributed by atoms with Gasteiger partial charge in [0.1, 0.15) is 5.82 Å². The lowest BCUT2D eigenvalue weighted by atomic mass is 10.0. The molecule has 0 aliphatic heterocycles. The first-order valence-electron chi connectivity index (χ1n) is 4.78. The summed E-state index contributed by atoms with van der Waals surface area (Å²) in [4.78, 5) is 0. The highest BCUT2D eigenvalue weighted by atomic mass is 19.1. The summed E-state index contributed by atoms with van der Waals surface area (Å²) in [6.45, 7) is 0. The Labute approximate surface area is 87.5 Å². The molecule has 0 fully saturated rings. The second-order valence-electron chi connectivity index (χ2n) is 3.50. The van der Waals surface area contributed by atoms with E-state index in [4.69, 9.17) is 10.2 Å². The van der Waals surface area contributed by atoms with Crippen molar-refractivity contribution in [2.75, 3.05) is 0 Å². The molecule has 1 aromatic carbocycles. The largest absolute Gasteiger partial charge is 0.472 e. The highest BCUT2D eigenvalue weighted by Gasteiger charge is 2.08. The molecule has 0 saturated carbocycles. The smallest absolute Gasteiger partial charge is 0.123 e. The third-order valence-corrected chi connectivity index (χ3v) is 2.32. The molecule has 0 amide bonds. The summed E-state index contributed by atoms with van der Waals surface area (Å²) in [5.41, 5.74) is 7.76. The Hall–Kier alpha value is -1.61. The van der Waals surface area contributed by atoms with Gasteiger partial charge < -0.3 is 10.2 Å². The van der Waals surface area contributed by atoms with Crippen LogP contribution >= 0.6 is 0 Å². The van der Waals surface area contributed by atoms with Crippen molar-refractivity contribution in [1.29, 1.82) is 0 Å². The van der Waals surface area contributed by atoms with E-state index in [9.17, 15) is 4.39 Å². The van der Waals surface area contributed by atoms with E-state index < -0.39 is 0 Å². The molecule has 1 unspecified atom stereocenters. The Morgan fingerprint density at radius 3 is 2.87 bits per heavy atom. The van der Waals surface area contributed by atoms with Crippen LogP contribution in [0.2, 0.25) is 0 Å². The van der Waals surface area contributed by atoms with Crippen LogP contribution in [-0.2, 0) is 6.42 Å². The molecule has 15 heavy (non-hydrogen) atoms. The first kappa shape index (κ1) is 9.93. The number of nitrogens with two attached hydrogens (primary N) is 1. The summed E-state index contributed by atoms with van der Waals surface area (Å²) in [6.07, 6.45) is 3.81. The maximum absolute atomic E-state index is 12.9. The quantitative estimate of drug-likeness (QED) is 0.836. The Morgan fingerprint density at radius 1 is 1.33 bits per heavy atom. The summed E-state index contributed by atoms with van der Waals surface area (Å²) in [5.74, 6) is -0.230. The van der Waals surface area contributed by atoms with Crippen molar-refractivity contribution in [3.05, 3.63) is 59.8 Å². The molecule has 2 rings (SSSR count). The average Bonchev–Trinajstić information content (AvgIpc) is 2.70. The van der Waals surface area contributed by atoms with Crippen LogP contribution in [0, 0.1) is 5.82 Å². The molecule has 1 atom stereocenters. The van der Waals surface area contributed by atoms with Crippen molar-refractivity contribution < 1.29 is 8.81 Å². The van der Waals surface area contributed by atoms with Gasteiger partial charge in [-0.3, -0.25) is 0 Å². The second-order valence-corrected chi connectivity index (χ2v) is 3.50. The van der Waals surface area contributed by atoms with E-state index in [1.807, 2.05) is 12.1 Å². The van der Waals surface area contributed by atoms with Gasteiger partial charge in [-0.25, -0.2) is 4.39 Å². The molecule has 0 aliphatic carbocycles. The van der Waals surface area contributed by atoms with E-state index >= 15 is 0 Å². The molecule has 1 aromatic heterocycles. The topological polar surface area (TPSA) is 39.2 Å². The molecule has 0 radical (unpaired) electrons. The minimum atomic E-state index is -0.230. The molecule has 1 heterocycles. The maximum atomic E-state index is 12.9. The zero-order valence-corrected chi connectivity index (χ0v) is 8.19. The summed E-state index contributed by atoms with van der Waals surface area (Å²) >= 11 is 0. The highest BCUT2D eigenvalue weighted by Crippen LogP contribution is 2.16. The van der Waals surface area contributed by atoms with Gasteiger partial charge in [-0.1, -0.05) is 12.1 Å². The van der Waals surface area contributed by atoms with E-state index in [2.05, 4.69) is 0 Å². The van der Waals surface area contributed by atoms with E-state index in [-0.39, 0.29) is 11.9 Å². The Balaban J connectivity index is 2.09. The molecule has 3 heteroatoms. The predicted molar refractivity (Wildman–Crippen MR) is 55.7 cm³/mol. The van der Waals surface area contributed by atoms with E-state index in [1.165, 1.54) is 12.1 Å². The van der Waals surface area contributed by atoms with Gasteiger partial charge in [0, 0.05) is 11.6 Å². The highest BCUT2D eigenvalue weighted by molar-refractivity contribution is 5.21. The van der Waals surface area contributed by atoms with E-state index in [0.29, 0.717) is 6.42 Å². The molecule has 0 bridgehead atoms. The van der Waals surface area contributed by atoms with Crippen molar-refractivity contribution >= 4 is 0 Å². The second kappa shape index (κ2) is 4.28. The first-order chi connectivity index (χ1) is 7.25. The normalized spacial score (nSPS) is 12.7. The van der Waals surface area contributed by atoms with Crippen molar-refractivity contribution in [3.63, 3.8) is 0 Å². The summed E-state index contributed by atoms with van der Waals surface area (Å²) < 4.78 is 17.8. The number of hydrogen-bond acceptors (Lipinski definition) is 2. The zero-order valence-electron chi connectivity index (χ0n) is 8.19. The standard InChI is InChI=1S/C12H12FNO/c13-11-3-1-2-9(6-11)7-12(14)10-4-5-15-8-10/h1-6,8,12H,7,14H2. The third-order valence-electron chi connectivity index (χ3n) is 2.32. The number of rotatable bonds is 3. The minimum absolute atomic E-state index is 0.148. The van der Waals surface area contributed by atoms with Gasteiger partial charge in [0.15, 0.2) is 0 Å². The maximum Gasteiger partial charge on any atom is 0.123 e. The summed E-state index contributed by atoms with van der Waals surface area (Å²) in [6, 6.07) is 8.15. The van der Waals surface area contributed by atoms with E-state index in [0.717, 1.165) is 11.1 Å². The van der Waals surface area contributed by atoms with Crippen LogP contribution in [-0.4, -0.2) is 0 Å². The molecule has 78 valence electrons. The van der Waals surface area contributed by atoms with Gasteiger partial charge in [-0.05, 0) is 30.2 Å². The third kappa shape index (κ3) is 2.44. The molecule has 0 spiro atoms. The van der Waals surface area contributed by atoms with Crippen LogP contribution in [0.15, 0.2) is 47.3 Å². The molecule has 0 aliphatic rings. The molecule has 2 nitrogen and oxygen atoms in total. The van der Waals surface area contributed by atoms with Gasteiger partial charge >= 0.3 is 0 Å². The average molecular weight is 205 g/mol. The van der Waals surface area contributed by atoms with Crippen molar-refractivity contribution in [2.24, 2.45) is 5.73 Å². The lowest BCUT2D eigenvalue weighted by Crippen LogP contribution is -2.12. The van der Waals surface area contributed by atoms with E-state index in [1.54, 1.807) is 18.6 Å². The number of benzene rings is 1. The van der Waals surface area contributed by atoms with Gasteiger partial charge in [-0.2, -0.15) is 0 Å². The molecule has 0 saturated heterocycles. The van der Waals surface area contributed by atoms with Gasteiger partial charge in [-0.15, -0.1) is 0 Å². The fourth-order valence-corrected chi connectivity index (χ4v) is 1.52. The predicted octanol–water partition coefficient (Wildman–Crippen LogP) is 2.66. The molecule has 2 aromatic rings. The van der Waals surface area contributed by atoms with Gasteiger partial charge in [0.05, 0.1) is 12.5 Å². The van der Waals surface area contributed by atoms with Crippen LogP contribution in [0.5, 0.6) is 0 Å². The Kier molecular flexibility index (Phi) is 2.83. The van der Waals surface area contributed by atoms with Crippen molar-refractivity contribution in [2.45, 2.75) is 12.5 Å². The molecule has 2 N–H and O–H groups in total. The van der Waals surface area contributed by atoms with Crippen LogP contribution in [0.4, 0.5) is 4.39 Å². The lowest BCUT2D eigenvalue weighted by molar-refractivity contribution is 0.558. The number of furan rings is 1. The number of hydrogen-bond donors (Lipinski definition) is 1. The molecular weight excluding hydrogens is 193 g/mol. The summed E-state index contributed by atoms with van der Waals surface area (Å²) in [5, 5.41) is 0. The Morgan fingerprint density at radius 2 is 2.20 bits per heavy atom. The zero-order chi connectivity index (χ0) is 10.7. The van der Waals surface area contributed by atoms with Crippen molar-refractivity contribution in [3.8, 4) is 0 Å². The van der Waals surface area contributed by atoms with Gasteiger partial charge in [0.2, 0.25) is 0 Å². The Bertz CT molecular complexity index is 425. The monoisotopic (exact) mass is 205 g/mol. The fourth-order valence-electron chi connectivity index (χ4n) is 1.52. The van der Waals surface area contributed by atoms with Crippen LogP contribution in [0.25, 0.3) is 0 Å². The van der Waals surface area contributed by atoms with Crippen molar-refractivity contribution in [1.82, 2.24) is 0 Å². The van der Waals surface area contributed by atoms with Crippen LogP contribution in [0.3, 0.4) is 0 Å². The van der Waals surface area contributed by atoms with Gasteiger partial charge in [0.25, 0.3) is 0 Å². The van der Waals surface area contributed by atoms with Crippen LogP contribution < -0.4 is 5.73 Å². The SMILES string of the molecule is NC(Cc1cccc(F)c1)c1ccoc1. The first-order valence-corrected chi connectivity index (χ1v) is 4.78. The fraction of sp³-hybridized carbons (Fsp3) is 0.167. The minimum Gasteiger partial charge on any atom is -0.472 e. The summed E-state index contributed by atoms with van der Waals surface area (Å²) in [7, 11) is 0. The number of halogens is 1. The van der Waals surface area contributed by atoms with Crippen LogP contribution in [0.1, 0.15) is 17.2 Å². The lowest BCUT2D eigenvalue weighted by Gasteiger charge is -2.08.